The molecular formula is C15H12Cl3FO. The molecule has 106 valence electrons. The number of benzene rings is 2. The second-order valence-corrected chi connectivity index (χ2v) is 5.65. The largest absolute Gasteiger partial charge is 0.495 e. The molecule has 0 spiro atoms. The Morgan fingerprint density at radius 1 is 1.05 bits per heavy atom. The van der Waals surface area contributed by atoms with Crippen LogP contribution in [0.25, 0.3) is 0 Å². The fourth-order valence-electron chi connectivity index (χ4n) is 1.90. The molecule has 0 radical (unpaired) electrons. The summed E-state index contributed by atoms with van der Waals surface area (Å²) in [7, 11) is 1.50. The molecule has 2 rings (SSSR count). The molecule has 0 bridgehead atoms. The van der Waals surface area contributed by atoms with Crippen LogP contribution in [-0.2, 0) is 0 Å². The summed E-state index contributed by atoms with van der Waals surface area (Å²) in [5.74, 6) is 0.0849. The third-order valence-corrected chi connectivity index (χ3v) is 4.07. The van der Waals surface area contributed by atoms with Crippen LogP contribution in [0.5, 0.6) is 5.75 Å². The van der Waals surface area contributed by atoms with Crippen LogP contribution in [0.15, 0.2) is 30.3 Å². The molecule has 0 aliphatic heterocycles. The van der Waals surface area contributed by atoms with Crippen molar-refractivity contribution in [1.29, 1.82) is 0 Å². The van der Waals surface area contributed by atoms with Gasteiger partial charge in [-0.05, 0) is 30.2 Å². The minimum atomic E-state index is -0.716. The summed E-state index contributed by atoms with van der Waals surface area (Å²) in [4.78, 5) is 0. The van der Waals surface area contributed by atoms with E-state index < -0.39 is 5.38 Å². The Morgan fingerprint density at radius 3 is 2.35 bits per heavy atom. The highest BCUT2D eigenvalue weighted by Crippen LogP contribution is 2.39. The van der Waals surface area contributed by atoms with Crippen LogP contribution < -0.4 is 4.74 Å². The lowest BCUT2D eigenvalue weighted by molar-refractivity contribution is 0.415. The maximum atomic E-state index is 14.0. The van der Waals surface area contributed by atoms with Crippen LogP contribution >= 0.6 is 34.8 Å². The third-order valence-electron chi connectivity index (χ3n) is 2.97. The molecule has 0 aliphatic carbocycles. The van der Waals surface area contributed by atoms with Crippen LogP contribution in [0.1, 0.15) is 22.1 Å². The topological polar surface area (TPSA) is 9.23 Å². The van der Waals surface area contributed by atoms with Crippen molar-refractivity contribution in [3.05, 3.63) is 62.9 Å². The molecule has 0 amide bonds. The molecule has 0 aliphatic rings. The monoisotopic (exact) mass is 332 g/mol. The number of aryl methyl sites for hydroxylation is 1. The SMILES string of the molecule is COc1cc(Cl)c(C(Cl)c2ccc(C)cc2F)cc1Cl. The van der Waals surface area contributed by atoms with Gasteiger partial charge in [0, 0.05) is 16.7 Å². The number of hydrogen-bond donors (Lipinski definition) is 0. The zero-order valence-corrected chi connectivity index (χ0v) is 13.2. The van der Waals surface area contributed by atoms with E-state index in [0.29, 0.717) is 26.9 Å². The lowest BCUT2D eigenvalue weighted by atomic mass is 10.0. The molecule has 0 heterocycles. The van der Waals surface area contributed by atoms with Crippen molar-refractivity contribution in [3.63, 3.8) is 0 Å². The average Bonchev–Trinajstić information content (AvgIpc) is 2.40. The standard InChI is InChI=1S/C15H12Cl3FO/c1-8-3-4-9(13(19)5-8)15(18)10-6-12(17)14(20-2)7-11(10)16/h3-7,15H,1-2H3. The first-order valence-corrected chi connectivity index (χ1v) is 7.06. The molecule has 0 N–H and O–H groups in total. The van der Waals surface area contributed by atoms with Gasteiger partial charge >= 0.3 is 0 Å². The summed E-state index contributed by atoms with van der Waals surface area (Å²) >= 11 is 18.6. The molecule has 2 aromatic rings. The van der Waals surface area contributed by atoms with Crippen LogP contribution in [0.3, 0.4) is 0 Å². The number of hydrogen-bond acceptors (Lipinski definition) is 1. The van der Waals surface area contributed by atoms with Gasteiger partial charge in [-0.2, -0.15) is 0 Å². The normalized spacial score (nSPS) is 12.3. The first-order valence-electron chi connectivity index (χ1n) is 5.87. The van der Waals surface area contributed by atoms with Gasteiger partial charge in [-0.15, -0.1) is 11.6 Å². The van der Waals surface area contributed by atoms with Crippen LogP contribution in [0.4, 0.5) is 4.39 Å². The molecule has 0 saturated heterocycles. The summed E-state index contributed by atoms with van der Waals surface area (Å²) in [5.41, 5.74) is 1.73. The fraction of sp³-hybridized carbons (Fsp3) is 0.200. The van der Waals surface area contributed by atoms with E-state index in [2.05, 4.69) is 0 Å². The molecule has 0 saturated carbocycles. The molecule has 0 aromatic heterocycles. The maximum Gasteiger partial charge on any atom is 0.138 e. The zero-order valence-electron chi connectivity index (χ0n) is 10.9. The van der Waals surface area contributed by atoms with Crippen LogP contribution in [0.2, 0.25) is 10.0 Å². The van der Waals surface area contributed by atoms with E-state index >= 15 is 0 Å². The maximum absolute atomic E-state index is 14.0. The number of ether oxygens (including phenoxy) is 1. The van der Waals surface area contributed by atoms with Gasteiger partial charge in [0.05, 0.1) is 17.5 Å². The minimum absolute atomic E-state index is 0.361. The zero-order chi connectivity index (χ0) is 14.9. The Hall–Kier alpha value is -0.960. The number of methoxy groups -OCH3 is 1. The highest BCUT2D eigenvalue weighted by Gasteiger charge is 2.20. The van der Waals surface area contributed by atoms with E-state index in [1.54, 1.807) is 24.3 Å². The van der Waals surface area contributed by atoms with Gasteiger partial charge in [0.2, 0.25) is 0 Å². The Labute approximate surface area is 132 Å². The molecule has 1 nitrogen and oxygen atoms in total. The van der Waals surface area contributed by atoms with E-state index in [1.807, 2.05) is 6.92 Å². The van der Waals surface area contributed by atoms with Gasteiger partial charge in [-0.3, -0.25) is 0 Å². The van der Waals surface area contributed by atoms with E-state index in [0.717, 1.165) is 5.56 Å². The number of alkyl halides is 1. The predicted octanol–water partition coefficient (Wildman–Crippen LogP) is 5.78. The Balaban J connectivity index is 2.48. The van der Waals surface area contributed by atoms with E-state index in [1.165, 1.54) is 13.2 Å². The third kappa shape index (κ3) is 3.03. The molecule has 2 aromatic carbocycles. The lowest BCUT2D eigenvalue weighted by Gasteiger charge is -2.15. The summed E-state index contributed by atoms with van der Waals surface area (Å²) in [6, 6.07) is 8.05. The quantitative estimate of drug-likeness (QED) is 0.647. The second-order valence-electron chi connectivity index (χ2n) is 4.40. The van der Waals surface area contributed by atoms with Gasteiger partial charge in [0.15, 0.2) is 0 Å². The van der Waals surface area contributed by atoms with Crippen molar-refractivity contribution < 1.29 is 9.13 Å². The summed E-state index contributed by atoms with van der Waals surface area (Å²) in [6.07, 6.45) is 0. The molecule has 1 atom stereocenters. The van der Waals surface area contributed by atoms with Crippen molar-refractivity contribution in [2.75, 3.05) is 7.11 Å². The lowest BCUT2D eigenvalue weighted by Crippen LogP contribution is -1.99. The van der Waals surface area contributed by atoms with Crippen molar-refractivity contribution in [2.45, 2.75) is 12.3 Å². The fourth-order valence-corrected chi connectivity index (χ4v) is 2.83. The summed E-state index contributed by atoms with van der Waals surface area (Å²) < 4.78 is 19.1. The van der Waals surface area contributed by atoms with Gasteiger partial charge in [-0.1, -0.05) is 35.3 Å². The minimum Gasteiger partial charge on any atom is -0.495 e. The van der Waals surface area contributed by atoms with Crippen molar-refractivity contribution >= 4 is 34.8 Å². The first-order chi connectivity index (χ1) is 9.43. The van der Waals surface area contributed by atoms with Crippen molar-refractivity contribution in [3.8, 4) is 5.75 Å². The van der Waals surface area contributed by atoms with Crippen LogP contribution in [-0.4, -0.2) is 7.11 Å². The van der Waals surface area contributed by atoms with E-state index in [9.17, 15) is 4.39 Å². The predicted molar refractivity (Wildman–Crippen MR) is 81.8 cm³/mol. The molecule has 1 unspecified atom stereocenters. The number of halogens is 4. The number of rotatable bonds is 3. The summed E-state index contributed by atoms with van der Waals surface area (Å²) in [6.45, 7) is 1.81. The molecule has 5 heteroatoms. The van der Waals surface area contributed by atoms with Gasteiger partial charge in [0.1, 0.15) is 11.6 Å². The van der Waals surface area contributed by atoms with Gasteiger partial charge < -0.3 is 4.74 Å². The smallest absolute Gasteiger partial charge is 0.138 e. The Bertz CT molecular complexity index is 643. The first kappa shape index (κ1) is 15.4. The van der Waals surface area contributed by atoms with Crippen molar-refractivity contribution in [2.24, 2.45) is 0 Å². The molecule has 0 fully saturated rings. The second kappa shape index (κ2) is 6.21. The van der Waals surface area contributed by atoms with E-state index in [4.69, 9.17) is 39.5 Å². The van der Waals surface area contributed by atoms with Gasteiger partial charge in [0.25, 0.3) is 0 Å². The van der Waals surface area contributed by atoms with Crippen LogP contribution in [0, 0.1) is 12.7 Å². The Morgan fingerprint density at radius 2 is 1.75 bits per heavy atom. The van der Waals surface area contributed by atoms with E-state index in [-0.39, 0.29) is 5.82 Å². The molecule has 20 heavy (non-hydrogen) atoms. The van der Waals surface area contributed by atoms with Crippen molar-refractivity contribution in [1.82, 2.24) is 0 Å². The summed E-state index contributed by atoms with van der Waals surface area (Å²) in [5, 5.41) is 0.0443. The highest BCUT2D eigenvalue weighted by atomic mass is 35.5. The average molecular weight is 334 g/mol. The Kier molecular flexibility index (Phi) is 4.79. The van der Waals surface area contributed by atoms with Gasteiger partial charge in [-0.25, -0.2) is 4.39 Å². The molecular weight excluding hydrogens is 322 g/mol. The highest BCUT2D eigenvalue weighted by molar-refractivity contribution is 6.36.